The first-order chi connectivity index (χ1) is 13.5. The molecule has 3 heterocycles. The fourth-order valence-corrected chi connectivity index (χ4v) is 4.69. The Labute approximate surface area is 167 Å². The van der Waals surface area contributed by atoms with E-state index in [9.17, 15) is 9.59 Å². The summed E-state index contributed by atoms with van der Waals surface area (Å²) in [5, 5.41) is 8.89. The van der Waals surface area contributed by atoms with E-state index in [1.807, 2.05) is 54.5 Å². The Bertz CT molecular complexity index is 1040. The number of amides is 1. The summed E-state index contributed by atoms with van der Waals surface area (Å²) in [6, 6.07) is 9.80. The SMILES string of the molecule is Cc1csc(C(=O)N2CCC(Cc3n[nH]c(=O)n3-c3ccccc3C)CC2)c1. The van der Waals surface area contributed by atoms with Gasteiger partial charge in [-0.05, 0) is 61.2 Å². The Morgan fingerprint density at radius 2 is 2.00 bits per heavy atom. The number of aryl methyl sites for hydroxylation is 2. The normalized spacial score (nSPS) is 15.1. The van der Waals surface area contributed by atoms with Gasteiger partial charge in [0.2, 0.25) is 0 Å². The molecule has 7 heteroatoms. The van der Waals surface area contributed by atoms with Crippen molar-refractivity contribution in [3.8, 4) is 5.69 Å². The number of carbonyl (C=O) groups excluding carboxylic acids is 1. The van der Waals surface area contributed by atoms with Gasteiger partial charge >= 0.3 is 5.69 Å². The van der Waals surface area contributed by atoms with Crippen molar-refractivity contribution in [3.05, 3.63) is 68.0 Å². The monoisotopic (exact) mass is 396 g/mol. The van der Waals surface area contributed by atoms with Crippen LogP contribution in [-0.2, 0) is 6.42 Å². The number of H-pyrrole nitrogens is 1. The number of hydrogen-bond acceptors (Lipinski definition) is 4. The van der Waals surface area contributed by atoms with E-state index >= 15 is 0 Å². The van der Waals surface area contributed by atoms with Crippen LogP contribution >= 0.6 is 11.3 Å². The molecule has 1 aliphatic heterocycles. The standard InChI is InChI=1S/C21H24N4O2S/c1-14-11-18(28-13-14)20(26)24-9-7-16(8-10-24)12-19-22-23-21(27)25(19)17-6-4-3-5-15(17)2/h3-6,11,13,16H,7-10,12H2,1-2H3,(H,23,27). The highest BCUT2D eigenvalue weighted by Crippen LogP contribution is 2.25. The van der Waals surface area contributed by atoms with Crippen LogP contribution < -0.4 is 5.69 Å². The van der Waals surface area contributed by atoms with Crippen LogP contribution in [0.5, 0.6) is 0 Å². The number of aromatic nitrogens is 3. The van der Waals surface area contributed by atoms with Gasteiger partial charge in [0, 0.05) is 19.5 Å². The summed E-state index contributed by atoms with van der Waals surface area (Å²) < 4.78 is 1.68. The third kappa shape index (κ3) is 3.67. The number of para-hydroxylation sites is 1. The average Bonchev–Trinajstić information content (AvgIpc) is 3.28. The molecule has 1 amide bonds. The fraction of sp³-hybridized carbons (Fsp3) is 0.381. The molecule has 28 heavy (non-hydrogen) atoms. The summed E-state index contributed by atoms with van der Waals surface area (Å²) in [6.45, 7) is 5.51. The molecule has 0 unspecified atom stereocenters. The number of benzene rings is 1. The summed E-state index contributed by atoms with van der Waals surface area (Å²) >= 11 is 1.51. The molecule has 6 nitrogen and oxygen atoms in total. The van der Waals surface area contributed by atoms with Crippen LogP contribution in [-0.4, -0.2) is 38.7 Å². The molecular formula is C21H24N4O2S. The van der Waals surface area contributed by atoms with Crippen molar-refractivity contribution >= 4 is 17.2 Å². The van der Waals surface area contributed by atoms with Gasteiger partial charge in [-0.25, -0.2) is 14.5 Å². The number of nitrogens with zero attached hydrogens (tertiary/aromatic N) is 3. The van der Waals surface area contributed by atoms with E-state index in [2.05, 4.69) is 10.2 Å². The minimum atomic E-state index is -0.204. The molecule has 0 radical (unpaired) electrons. The Hall–Kier alpha value is -2.67. The van der Waals surface area contributed by atoms with Gasteiger partial charge in [-0.3, -0.25) is 4.79 Å². The third-order valence-corrected chi connectivity index (χ3v) is 6.45. The molecule has 2 aromatic heterocycles. The van der Waals surface area contributed by atoms with Gasteiger partial charge in [0.1, 0.15) is 5.82 Å². The van der Waals surface area contributed by atoms with E-state index < -0.39 is 0 Å². The van der Waals surface area contributed by atoms with Crippen molar-refractivity contribution in [3.63, 3.8) is 0 Å². The largest absolute Gasteiger partial charge is 0.347 e. The number of piperidine rings is 1. The Morgan fingerprint density at radius 1 is 1.25 bits per heavy atom. The number of thiophene rings is 1. The van der Waals surface area contributed by atoms with Crippen molar-refractivity contribution in [2.45, 2.75) is 33.1 Å². The summed E-state index contributed by atoms with van der Waals surface area (Å²) in [7, 11) is 0. The maximum atomic E-state index is 12.6. The first-order valence-electron chi connectivity index (χ1n) is 9.59. The molecule has 1 fully saturated rings. The van der Waals surface area contributed by atoms with E-state index in [0.717, 1.165) is 59.9 Å². The van der Waals surface area contributed by atoms with Crippen LogP contribution in [0.1, 0.15) is 39.5 Å². The van der Waals surface area contributed by atoms with Gasteiger partial charge in [0.15, 0.2) is 0 Å². The van der Waals surface area contributed by atoms with Crippen LogP contribution in [0.4, 0.5) is 0 Å². The van der Waals surface area contributed by atoms with Crippen LogP contribution in [0.25, 0.3) is 5.69 Å². The zero-order valence-corrected chi connectivity index (χ0v) is 17.0. The van der Waals surface area contributed by atoms with Crippen LogP contribution in [0, 0.1) is 19.8 Å². The zero-order chi connectivity index (χ0) is 19.7. The second kappa shape index (κ2) is 7.75. The molecule has 4 rings (SSSR count). The second-order valence-electron chi connectivity index (χ2n) is 7.49. The number of likely N-dealkylation sites (tertiary alicyclic amines) is 1. The highest BCUT2D eigenvalue weighted by molar-refractivity contribution is 7.12. The third-order valence-electron chi connectivity index (χ3n) is 5.41. The number of hydrogen-bond donors (Lipinski definition) is 1. The van der Waals surface area contributed by atoms with Gasteiger partial charge in [0.05, 0.1) is 10.6 Å². The molecule has 146 valence electrons. The summed E-state index contributed by atoms with van der Waals surface area (Å²) in [6.07, 6.45) is 2.57. The quantitative estimate of drug-likeness (QED) is 0.735. The lowest BCUT2D eigenvalue weighted by Crippen LogP contribution is -2.38. The van der Waals surface area contributed by atoms with Gasteiger partial charge in [-0.1, -0.05) is 18.2 Å². The van der Waals surface area contributed by atoms with Crippen molar-refractivity contribution in [2.75, 3.05) is 13.1 Å². The van der Waals surface area contributed by atoms with E-state index in [-0.39, 0.29) is 11.6 Å². The number of aromatic amines is 1. The first kappa shape index (κ1) is 18.7. The van der Waals surface area contributed by atoms with E-state index in [0.29, 0.717) is 5.92 Å². The predicted molar refractivity (Wildman–Crippen MR) is 110 cm³/mol. The van der Waals surface area contributed by atoms with Crippen molar-refractivity contribution in [1.82, 2.24) is 19.7 Å². The van der Waals surface area contributed by atoms with Gasteiger partial charge in [-0.2, -0.15) is 5.10 Å². The Kier molecular flexibility index (Phi) is 5.17. The molecular weight excluding hydrogens is 372 g/mol. The highest BCUT2D eigenvalue weighted by Gasteiger charge is 2.26. The minimum absolute atomic E-state index is 0.133. The molecule has 1 saturated heterocycles. The molecule has 0 bridgehead atoms. The zero-order valence-electron chi connectivity index (χ0n) is 16.1. The predicted octanol–water partition coefficient (Wildman–Crippen LogP) is 3.33. The number of nitrogens with one attached hydrogen (secondary N) is 1. The van der Waals surface area contributed by atoms with Gasteiger partial charge in [0.25, 0.3) is 5.91 Å². The van der Waals surface area contributed by atoms with Crippen molar-refractivity contribution in [1.29, 1.82) is 0 Å². The molecule has 0 aliphatic carbocycles. The lowest BCUT2D eigenvalue weighted by atomic mass is 9.93. The van der Waals surface area contributed by atoms with E-state index in [4.69, 9.17) is 0 Å². The topological polar surface area (TPSA) is 71.0 Å². The molecule has 1 aliphatic rings. The van der Waals surface area contributed by atoms with Crippen molar-refractivity contribution in [2.24, 2.45) is 5.92 Å². The van der Waals surface area contributed by atoms with Crippen molar-refractivity contribution < 1.29 is 4.79 Å². The second-order valence-corrected chi connectivity index (χ2v) is 8.41. The number of rotatable bonds is 4. The molecule has 0 atom stereocenters. The lowest BCUT2D eigenvalue weighted by Gasteiger charge is -2.31. The molecule has 3 aromatic rings. The van der Waals surface area contributed by atoms with Crippen LogP contribution in [0.15, 0.2) is 40.5 Å². The molecule has 1 N–H and O–H groups in total. The maximum Gasteiger partial charge on any atom is 0.347 e. The smallest absolute Gasteiger partial charge is 0.338 e. The summed E-state index contributed by atoms with van der Waals surface area (Å²) in [5.74, 6) is 1.30. The Balaban J connectivity index is 1.44. The van der Waals surface area contributed by atoms with Gasteiger partial charge < -0.3 is 4.90 Å². The van der Waals surface area contributed by atoms with Crippen LogP contribution in [0.3, 0.4) is 0 Å². The summed E-state index contributed by atoms with van der Waals surface area (Å²) in [4.78, 5) is 27.7. The maximum absolute atomic E-state index is 12.6. The number of carbonyl (C=O) groups is 1. The molecule has 0 spiro atoms. The summed E-state index contributed by atoms with van der Waals surface area (Å²) in [5.41, 5.74) is 2.84. The molecule has 1 aromatic carbocycles. The van der Waals surface area contributed by atoms with Crippen LogP contribution in [0.2, 0.25) is 0 Å². The fourth-order valence-electron chi connectivity index (χ4n) is 3.83. The molecule has 0 saturated carbocycles. The van der Waals surface area contributed by atoms with Gasteiger partial charge in [-0.15, -0.1) is 11.3 Å². The first-order valence-corrected chi connectivity index (χ1v) is 10.5. The average molecular weight is 397 g/mol. The highest BCUT2D eigenvalue weighted by atomic mass is 32.1. The Morgan fingerprint density at radius 3 is 2.68 bits per heavy atom. The van der Waals surface area contributed by atoms with E-state index in [1.54, 1.807) is 4.57 Å². The lowest BCUT2D eigenvalue weighted by molar-refractivity contribution is 0.0694. The van der Waals surface area contributed by atoms with E-state index in [1.165, 1.54) is 11.3 Å². The minimum Gasteiger partial charge on any atom is -0.338 e.